The lowest BCUT2D eigenvalue weighted by molar-refractivity contribution is -0.118. The lowest BCUT2D eigenvalue weighted by Gasteiger charge is -2.12. The van der Waals surface area contributed by atoms with Crippen molar-refractivity contribution in [2.75, 3.05) is 13.1 Å². The summed E-state index contributed by atoms with van der Waals surface area (Å²) in [6, 6.07) is 0. The fourth-order valence-electron chi connectivity index (χ4n) is 2.01. The van der Waals surface area contributed by atoms with Crippen molar-refractivity contribution < 1.29 is 4.79 Å². The lowest BCUT2D eigenvalue weighted by Crippen LogP contribution is -2.27. The summed E-state index contributed by atoms with van der Waals surface area (Å²) in [5.74, 6) is 0.493. The summed E-state index contributed by atoms with van der Waals surface area (Å²) in [4.78, 5) is 12.0. The van der Waals surface area contributed by atoms with Gasteiger partial charge in [0.1, 0.15) is 0 Å². The first-order valence-corrected chi connectivity index (χ1v) is 6.19. The SMILES string of the molecule is CCNCC(C)C(=O)C1=CCCCCC1. The molecule has 2 nitrogen and oxygen atoms in total. The molecular formula is C13H23NO. The van der Waals surface area contributed by atoms with Crippen LogP contribution in [0.2, 0.25) is 0 Å². The van der Waals surface area contributed by atoms with E-state index in [2.05, 4.69) is 18.3 Å². The van der Waals surface area contributed by atoms with Crippen molar-refractivity contribution in [3.8, 4) is 0 Å². The van der Waals surface area contributed by atoms with Gasteiger partial charge in [0, 0.05) is 12.5 Å². The Labute approximate surface area is 93.1 Å². The zero-order valence-electron chi connectivity index (χ0n) is 10.0. The van der Waals surface area contributed by atoms with Crippen molar-refractivity contribution in [3.63, 3.8) is 0 Å². The van der Waals surface area contributed by atoms with Gasteiger partial charge in [0.2, 0.25) is 0 Å². The van der Waals surface area contributed by atoms with E-state index >= 15 is 0 Å². The third kappa shape index (κ3) is 4.17. The Bertz CT molecular complexity index is 233. The number of carbonyl (C=O) groups is 1. The maximum Gasteiger partial charge on any atom is 0.162 e. The molecule has 1 N–H and O–H groups in total. The highest BCUT2D eigenvalue weighted by Gasteiger charge is 2.17. The molecule has 0 aromatic carbocycles. The Kier molecular flexibility index (Phi) is 5.62. The molecule has 0 aromatic heterocycles. The molecule has 86 valence electrons. The minimum atomic E-state index is 0.134. The molecule has 0 saturated heterocycles. The van der Waals surface area contributed by atoms with E-state index in [0.29, 0.717) is 5.78 Å². The highest BCUT2D eigenvalue weighted by atomic mass is 16.1. The monoisotopic (exact) mass is 209 g/mol. The van der Waals surface area contributed by atoms with E-state index in [1.165, 1.54) is 19.3 Å². The van der Waals surface area contributed by atoms with Gasteiger partial charge in [0.15, 0.2) is 5.78 Å². The van der Waals surface area contributed by atoms with Gasteiger partial charge in [-0.1, -0.05) is 26.3 Å². The summed E-state index contributed by atoms with van der Waals surface area (Å²) in [6.07, 6.45) is 7.96. The number of rotatable bonds is 5. The second kappa shape index (κ2) is 6.78. The molecule has 0 aromatic rings. The number of ketones is 1. The van der Waals surface area contributed by atoms with E-state index in [0.717, 1.165) is 31.5 Å². The number of carbonyl (C=O) groups excluding carboxylic acids is 1. The van der Waals surface area contributed by atoms with Crippen LogP contribution in [0, 0.1) is 5.92 Å². The van der Waals surface area contributed by atoms with Crippen molar-refractivity contribution in [3.05, 3.63) is 11.6 Å². The van der Waals surface area contributed by atoms with Gasteiger partial charge in [-0.15, -0.1) is 0 Å². The summed E-state index contributed by atoms with van der Waals surface area (Å²) in [7, 11) is 0. The van der Waals surface area contributed by atoms with Crippen molar-refractivity contribution in [2.24, 2.45) is 5.92 Å². The molecule has 0 spiro atoms. The van der Waals surface area contributed by atoms with Crippen LogP contribution < -0.4 is 5.32 Å². The maximum atomic E-state index is 12.0. The smallest absolute Gasteiger partial charge is 0.162 e. The Hall–Kier alpha value is -0.630. The fourth-order valence-corrected chi connectivity index (χ4v) is 2.01. The first kappa shape index (κ1) is 12.4. The quantitative estimate of drug-likeness (QED) is 0.754. The van der Waals surface area contributed by atoms with E-state index < -0.39 is 0 Å². The highest BCUT2D eigenvalue weighted by molar-refractivity contribution is 5.97. The Balaban J connectivity index is 2.46. The number of Topliss-reactive ketones (excluding diaryl/α,β-unsaturated/α-hetero) is 1. The zero-order chi connectivity index (χ0) is 11.1. The van der Waals surface area contributed by atoms with E-state index in [4.69, 9.17) is 0 Å². The third-order valence-electron chi connectivity index (χ3n) is 3.01. The summed E-state index contributed by atoms with van der Waals surface area (Å²) < 4.78 is 0. The predicted octanol–water partition coefficient (Wildman–Crippen LogP) is 2.69. The summed E-state index contributed by atoms with van der Waals surface area (Å²) >= 11 is 0. The number of hydrogen-bond acceptors (Lipinski definition) is 2. The van der Waals surface area contributed by atoms with Gasteiger partial charge in [0.05, 0.1) is 0 Å². The van der Waals surface area contributed by atoms with Crippen LogP contribution in [0.3, 0.4) is 0 Å². The Morgan fingerprint density at radius 2 is 2.27 bits per heavy atom. The van der Waals surface area contributed by atoms with Crippen LogP contribution >= 0.6 is 0 Å². The van der Waals surface area contributed by atoms with Crippen LogP contribution in [0.15, 0.2) is 11.6 Å². The molecule has 0 heterocycles. The minimum absolute atomic E-state index is 0.134. The molecular weight excluding hydrogens is 186 g/mol. The molecule has 0 fully saturated rings. The third-order valence-corrected chi connectivity index (χ3v) is 3.01. The molecule has 1 atom stereocenters. The standard InChI is InChI=1S/C13H23NO/c1-3-14-10-11(2)13(15)12-8-6-4-5-7-9-12/h8,11,14H,3-7,9-10H2,1-2H3. The van der Waals surface area contributed by atoms with E-state index in [1.54, 1.807) is 0 Å². The molecule has 0 radical (unpaired) electrons. The maximum absolute atomic E-state index is 12.0. The number of hydrogen-bond donors (Lipinski definition) is 1. The largest absolute Gasteiger partial charge is 0.316 e. The number of allylic oxidation sites excluding steroid dienone is 2. The van der Waals surface area contributed by atoms with E-state index in [9.17, 15) is 4.79 Å². The fraction of sp³-hybridized carbons (Fsp3) is 0.769. The van der Waals surface area contributed by atoms with Gasteiger partial charge >= 0.3 is 0 Å². The van der Waals surface area contributed by atoms with Crippen molar-refractivity contribution in [1.29, 1.82) is 0 Å². The first-order valence-electron chi connectivity index (χ1n) is 6.19. The minimum Gasteiger partial charge on any atom is -0.316 e. The van der Waals surface area contributed by atoms with Crippen LogP contribution in [0.4, 0.5) is 0 Å². The van der Waals surface area contributed by atoms with Gasteiger partial charge in [-0.2, -0.15) is 0 Å². The Morgan fingerprint density at radius 1 is 1.47 bits per heavy atom. The van der Waals surface area contributed by atoms with E-state index in [-0.39, 0.29) is 5.92 Å². The average Bonchev–Trinajstić information content (AvgIpc) is 2.53. The van der Waals surface area contributed by atoms with Crippen LogP contribution in [-0.4, -0.2) is 18.9 Å². The summed E-state index contributed by atoms with van der Waals surface area (Å²) in [6.45, 7) is 5.85. The van der Waals surface area contributed by atoms with Crippen molar-refractivity contribution in [1.82, 2.24) is 5.32 Å². The lowest BCUT2D eigenvalue weighted by atomic mass is 9.96. The Morgan fingerprint density at radius 3 is 3.00 bits per heavy atom. The van der Waals surface area contributed by atoms with Crippen LogP contribution in [0.25, 0.3) is 0 Å². The normalized spacial score (nSPS) is 19.2. The second-order valence-corrected chi connectivity index (χ2v) is 4.40. The molecule has 0 amide bonds. The predicted molar refractivity (Wildman–Crippen MR) is 63.9 cm³/mol. The molecule has 0 saturated carbocycles. The van der Waals surface area contributed by atoms with Crippen molar-refractivity contribution in [2.45, 2.75) is 46.0 Å². The van der Waals surface area contributed by atoms with Crippen LogP contribution in [0.5, 0.6) is 0 Å². The molecule has 0 aliphatic heterocycles. The molecule has 1 unspecified atom stereocenters. The van der Waals surface area contributed by atoms with Crippen LogP contribution in [-0.2, 0) is 4.79 Å². The summed E-state index contributed by atoms with van der Waals surface area (Å²) in [5, 5.41) is 3.24. The molecule has 2 heteroatoms. The first-order chi connectivity index (χ1) is 7.25. The van der Waals surface area contributed by atoms with Gasteiger partial charge in [0.25, 0.3) is 0 Å². The van der Waals surface area contributed by atoms with E-state index in [1.807, 2.05) is 6.92 Å². The molecule has 1 aliphatic carbocycles. The van der Waals surface area contributed by atoms with Crippen molar-refractivity contribution >= 4 is 5.78 Å². The zero-order valence-corrected chi connectivity index (χ0v) is 10.0. The molecule has 0 bridgehead atoms. The van der Waals surface area contributed by atoms with Crippen LogP contribution in [0.1, 0.15) is 46.0 Å². The second-order valence-electron chi connectivity index (χ2n) is 4.40. The topological polar surface area (TPSA) is 29.1 Å². The summed E-state index contributed by atoms with van der Waals surface area (Å²) in [5.41, 5.74) is 1.08. The van der Waals surface area contributed by atoms with Gasteiger partial charge in [-0.25, -0.2) is 0 Å². The average molecular weight is 209 g/mol. The highest BCUT2D eigenvalue weighted by Crippen LogP contribution is 2.20. The molecule has 1 rings (SSSR count). The molecule has 1 aliphatic rings. The van der Waals surface area contributed by atoms with Gasteiger partial charge in [-0.05, 0) is 37.8 Å². The molecule has 15 heavy (non-hydrogen) atoms. The van der Waals surface area contributed by atoms with Gasteiger partial charge in [-0.3, -0.25) is 4.79 Å². The van der Waals surface area contributed by atoms with Gasteiger partial charge < -0.3 is 5.32 Å². The number of nitrogens with one attached hydrogen (secondary N) is 1.